The molecule has 0 aromatic heterocycles. The van der Waals surface area contributed by atoms with Crippen molar-refractivity contribution in [3.8, 4) is 5.40 Å². The van der Waals surface area contributed by atoms with Crippen molar-refractivity contribution in [2.75, 3.05) is 0 Å². The predicted octanol–water partition coefficient (Wildman–Crippen LogP) is 2.99. The Morgan fingerprint density at radius 3 is 1.60 bits per heavy atom. The molecule has 0 amide bonds. The summed E-state index contributed by atoms with van der Waals surface area (Å²) in [5, 5.41) is 8.47. The number of rotatable bonds is 4. The Kier molecular flexibility index (Phi) is 19.7. The number of hydrogen-bond acceptors (Lipinski definition) is 2. The summed E-state index contributed by atoms with van der Waals surface area (Å²) in [7, 11) is 0. The summed E-state index contributed by atoms with van der Waals surface area (Å²) >= 11 is 3.70. The molecule has 0 aliphatic carbocycles. The minimum atomic E-state index is 1.33. The molecule has 0 unspecified atom stereocenters. The van der Waals surface area contributed by atoms with E-state index in [0.29, 0.717) is 0 Å². The van der Waals surface area contributed by atoms with Crippen molar-refractivity contribution in [3.63, 3.8) is 0 Å². The van der Waals surface area contributed by atoms with E-state index in [0.717, 1.165) is 0 Å². The predicted molar refractivity (Wildman–Crippen MR) is 47.4 cm³/mol. The molecular weight excluding hydrogens is 142 g/mol. The highest BCUT2D eigenvalue weighted by atomic mass is 32.1. The molecule has 0 fully saturated rings. The lowest BCUT2D eigenvalue weighted by Crippen LogP contribution is -1.70. The second kappa shape index (κ2) is 15.9. The maximum absolute atomic E-state index is 7.13. The van der Waals surface area contributed by atoms with Gasteiger partial charge in [-0.25, -0.2) is 5.26 Å². The van der Waals surface area contributed by atoms with Crippen LogP contribution in [0.1, 0.15) is 46.0 Å². The standard InChI is InChI=1S/C7H16.CHNS/c1-3-5-7-6-4-2;2-1-3/h3-7H2,1-2H3;3H/p-1. The summed E-state index contributed by atoms with van der Waals surface area (Å²) in [5.74, 6) is 0. The summed E-state index contributed by atoms with van der Waals surface area (Å²) < 4.78 is 0. The van der Waals surface area contributed by atoms with Gasteiger partial charge in [0.1, 0.15) is 0 Å². The molecule has 0 heterocycles. The molecule has 0 N–H and O–H groups in total. The van der Waals surface area contributed by atoms with E-state index in [1.165, 1.54) is 37.5 Å². The highest BCUT2D eigenvalue weighted by Gasteiger charge is 1.80. The third-order valence-electron chi connectivity index (χ3n) is 1.21. The first-order chi connectivity index (χ1) is 4.83. The van der Waals surface area contributed by atoms with Crippen LogP contribution < -0.4 is 0 Å². The van der Waals surface area contributed by atoms with Crippen LogP contribution in [0.25, 0.3) is 0 Å². The van der Waals surface area contributed by atoms with E-state index < -0.39 is 0 Å². The van der Waals surface area contributed by atoms with E-state index in [2.05, 4.69) is 26.5 Å². The zero-order chi connectivity index (χ0) is 8.24. The molecule has 0 saturated carbocycles. The lowest BCUT2D eigenvalue weighted by atomic mass is 10.2. The van der Waals surface area contributed by atoms with E-state index in [1.807, 2.05) is 0 Å². The van der Waals surface area contributed by atoms with Crippen LogP contribution in [0.5, 0.6) is 0 Å². The Bertz CT molecular complexity index is 71.8. The largest absolute Gasteiger partial charge is 0.696 e. The van der Waals surface area contributed by atoms with Crippen molar-refractivity contribution in [2.45, 2.75) is 46.0 Å². The summed E-state index contributed by atoms with van der Waals surface area (Å²) in [6.07, 6.45) is 7.01. The zero-order valence-corrected chi connectivity index (χ0v) is 7.71. The Balaban J connectivity index is 0. The first-order valence-corrected chi connectivity index (χ1v) is 4.25. The fraction of sp³-hybridized carbons (Fsp3) is 0.875. The van der Waals surface area contributed by atoms with E-state index >= 15 is 0 Å². The highest BCUT2D eigenvalue weighted by molar-refractivity contribution is 7.64. The van der Waals surface area contributed by atoms with Crippen molar-refractivity contribution in [3.05, 3.63) is 0 Å². The van der Waals surface area contributed by atoms with Gasteiger partial charge in [0, 0.05) is 0 Å². The Labute approximate surface area is 69.8 Å². The van der Waals surface area contributed by atoms with Crippen LogP contribution in [0.2, 0.25) is 0 Å². The van der Waals surface area contributed by atoms with Gasteiger partial charge in [0.05, 0.1) is 0 Å². The smallest absolute Gasteiger partial charge is 0.0533 e. The molecule has 0 radical (unpaired) electrons. The van der Waals surface area contributed by atoms with Crippen molar-refractivity contribution < 1.29 is 0 Å². The molecule has 0 spiro atoms. The number of nitriles is 1. The fourth-order valence-corrected chi connectivity index (χ4v) is 0.677. The van der Waals surface area contributed by atoms with Crippen molar-refractivity contribution in [1.82, 2.24) is 0 Å². The molecule has 0 saturated heterocycles. The molecule has 1 nitrogen and oxygen atoms in total. The molecule has 0 aromatic rings. The average molecular weight is 158 g/mol. The van der Waals surface area contributed by atoms with Gasteiger partial charge in [-0.05, 0) is 0 Å². The molecule has 2 heteroatoms. The maximum atomic E-state index is 7.13. The van der Waals surface area contributed by atoms with Crippen LogP contribution >= 0.6 is 0 Å². The van der Waals surface area contributed by atoms with Gasteiger partial charge in [-0.15, -0.1) is 0 Å². The summed E-state index contributed by atoms with van der Waals surface area (Å²) in [4.78, 5) is 0. The van der Waals surface area contributed by atoms with Crippen LogP contribution in [0.15, 0.2) is 0 Å². The topological polar surface area (TPSA) is 23.8 Å². The lowest BCUT2D eigenvalue weighted by molar-refractivity contribution is 0.656. The van der Waals surface area contributed by atoms with Crippen LogP contribution in [0, 0.1) is 10.7 Å². The Morgan fingerprint density at radius 2 is 1.40 bits per heavy atom. The molecule has 0 bridgehead atoms. The first kappa shape index (κ1) is 12.4. The second-order valence-electron chi connectivity index (χ2n) is 2.15. The Hall–Kier alpha value is -0.290. The molecule has 10 heavy (non-hydrogen) atoms. The number of nitrogens with zero attached hydrogens (tertiary/aromatic N) is 1. The van der Waals surface area contributed by atoms with E-state index in [-0.39, 0.29) is 0 Å². The lowest BCUT2D eigenvalue weighted by Gasteiger charge is -1.90. The SMILES string of the molecule is CCCCCCC.N#C[S-]. The van der Waals surface area contributed by atoms with Gasteiger partial charge in [0.2, 0.25) is 0 Å². The third kappa shape index (κ3) is 25.2. The van der Waals surface area contributed by atoms with Gasteiger partial charge in [-0.2, -0.15) is 0 Å². The third-order valence-corrected chi connectivity index (χ3v) is 1.21. The minimum Gasteiger partial charge on any atom is -0.696 e. The average Bonchev–Trinajstić information content (AvgIpc) is 1.91. The Morgan fingerprint density at radius 1 is 1.10 bits per heavy atom. The second-order valence-corrected chi connectivity index (χ2v) is 2.33. The minimum absolute atomic E-state index is 1.33. The number of hydrogen-bond donors (Lipinski definition) is 0. The fourth-order valence-electron chi connectivity index (χ4n) is 0.677. The van der Waals surface area contributed by atoms with Gasteiger partial charge in [-0.3, -0.25) is 0 Å². The van der Waals surface area contributed by atoms with Gasteiger partial charge < -0.3 is 12.6 Å². The quantitative estimate of drug-likeness (QED) is 0.357. The van der Waals surface area contributed by atoms with Crippen LogP contribution in [0.4, 0.5) is 0 Å². The van der Waals surface area contributed by atoms with Gasteiger partial charge in [0.25, 0.3) is 0 Å². The van der Waals surface area contributed by atoms with E-state index in [1.54, 1.807) is 0 Å². The summed E-state index contributed by atoms with van der Waals surface area (Å²) in [6, 6.07) is 0. The summed E-state index contributed by atoms with van der Waals surface area (Å²) in [5.41, 5.74) is 0. The van der Waals surface area contributed by atoms with Gasteiger partial charge in [0.15, 0.2) is 0 Å². The normalized spacial score (nSPS) is 7.30. The molecule has 0 atom stereocenters. The maximum Gasteiger partial charge on any atom is -0.0533 e. The zero-order valence-electron chi connectivity index (χ0n) is 6.89. The van der Waals surface area contributed by atoms with E-state index in [9.17, 15) is 0 Å². The van der Waals surface area contributed by atoms with Crippen LogP contribution in [0.3, 0.4) is 0 Å². The monoisotopic (exact) mass is 158 g/mol. The van der Waals surface area contributed by atoms with E-state index in [4.69, 9.17) is 5.26 Å². The van der Waals surface area contributed by atoms with Crippen molar-refractivity contribution >= 4 is 12.6 Å². The molecule has 0 rings (SSSR count). The van der Waals surface area contributed by atoms with Crippen molar-refractivity contribution in [2.24, 2.45) is 0 Å². The van der Waals surface area contributed by atoms with Crippen LogP contribution in [-0.2, 0) is 12.6 Å². The molecule has 0 aliphatic rings. The number of thiocyanates is 1. The summed E-state index contributed by atoms with van der Waals surface area (Å²) in [6.45, 7) is 4.49. The molecule has 60 valence electrons. The van der Waals surface area contributed by atoms with Gasteiger partial charge in [-0.1, -0.05) is 51.4 Å². The number of unbranched alkanes of at least 4 members (excludes halogenated alkanes) is 4. The van der Waals surface area contributed by atoms with Gasteiger partial charge >= 0.3 is 0 Å². The highest BCUT2D eigenvalue weighted by Crippen LogP contribution is 2.00. The van der Waals surface area contributed by atoms with Crippen molar-refractivity contribution in [1.29, 1.82) is 5.26 Å². The molecular formula is C8H16NS-. The molecule has 0 aliphatic heterocycles. The first-order valence-electron chi connectivity index (χ1n) is 3.84. The molecule has 0 aromatic carbocycles. The van der Waals surface area contributed by atoms with Crippen LogP contribution in [-0.4, -0.2) is 0 Å².